The molecule has 2 aromatic carbocycles. The van der Waals surface area contributed by atoms with Gasteiger partial charge in [0.1, 0.15) is 11.5 Å². The summed E-state index contributed by atoms with van der Waals surface area (Å²) in [7, 11) is 1.69. The van der Waals surface area contributed by atoms with Crippen molar-refractivity contribution in [3.63, 3.8) is 0 Å². The number of ether oxygens (including phenoxy) is 2. The summed E-state index contributed by atoms with van der Waals surface area (Å²) in [4.78, 5) is 12.5. The summed E-state index contributed by atoms with van der Waals surface area (Å²) in [6.45, 7) is 14.4. The molecule has 1 amide bonds. The second-order valence-electron chi connectivity index (χ2n) is 7.89. The van der Waals surface area contributed by atoms with Gasteiger partial charge < -0.3 is 14.8 Å². The van der Waals surface area contributed by atoms with Crippen molar-refractivity contribution in [3.8, 4) is 11.5 Å². The molecule has 0 saturated carbocycles. The molecule has 0 saturated heterocycles. The van der Waals surface area contributed by atoms with Gasteiger partial charge in [-0.25, -0.2) is 0 Å². The van der Waals surface area contributed by atoms with Crippen LogP contribution in [0.3, 0.4) is 0 Å². The number of carbonyl (C=O) groups is 1. The Kier molecular flexibility index (Phi) is 7.11. The van der Waals surface area contributed by atoms with Crippen LogP contribution >= 0.6 is 0 Å². The molecule has 0 aromatic heterocycles. The van der Waals surface area contributed by atoms with E-state index in [0.29, 0.717) is 5.92 Å². The summed E-state index contributed by atoms with van der Waals surface area (Å²) in [6.07, 6.45) is 0. The number of nitrogens with one attached hydrogen (secondary N) is 1. The first-order valence-corrected chi connectivity index (χ1v) is 9.82. The Morgan fingerprint density at radius 2 is 1.61 bits per heavy atom. The van der Waals surface area contributed by atoms with Crippen LogP contribution in [0.4, 0.5) is 0 Å². The molecule has 0 aliphatic carbocycles. The zero-order valence-electron chi connectivity index (χ0n) is 18.4. The lowest BCUT2D eigenvalue weighted by Crippen LogP contribution is -2.31. The van der Waals surface area contributed by atoms with E-state index in [0.717, 1.165) is 39.3 Å². The molecule has 4 nitrogen and oxygen atoms in total. The highest BCUT2D eigenvalue weighted by Gasteiger charge is 2.17. The summed E-state index contributed by atoms with van der Waals surface area (Å²) in [5.74, 6) is 1.87. The summed E-state index contributed by atoms with van der Waals surface area (Å²) in [5, 5.41) is 3.05. The summed E-state index contributed by atoms with van der Waals surface area (Å²) in [6, 6.07) is 8.16. The fraction of sp³-hybridized carbons (Fsp3) is 0.458. The molecule has 0 aliphatic rings. The minimum absolute atomic E-state index is 0.000311. The molecule has 0 aliphatic heterocycles. The molecule has 152 valence electrons. The first kappa shape index (κ1) is 21.8. The van der Waals surface area contributed by atoms with Gasteiger partial charge in [-0.15, -0.1) is 0 Å². The zero-order chi connectivity index (χ0) is 21.0. The second kappa shape index (κ2) is 9.13. The monoisotopic (exact) mass is 383 g/mol. The van der Waals surface area contributed by atoms with Crippen LogP contribution in [0.5, 0.6) is 11.5 Å². The maximum Gasteiger partial charge on any atom is 0.258 e. The van der Waals surface area contributed by atoms with E-state index in [1.54, 1.807) is 7.11 Å². The SMILES string of the molecule is COc1cc(C)c(C(C)NC(=O)COc2cc(C)cc(C)c2C)cc1C(C)C. The molecule has 1 N–H and O–H groups in total. The van der Waals surface area contributed by atoms with Gasteiger partial charge in [-0.3, -0.25) is 4.79 Å². The largest absolute Gasteiger partial charge is 0.496 e. The molecule has 0 bridgehead atoms. The van der Waals surface area contributed by atoms with Crippen molar-refractivity contribution in [2.45, 2.75) is 60.4 Å². The zero-order valence-corrected chi connectivity index (χ0v) is 18.4. The number of aryl methyl sites for hydroxylation is 3. The fourth-order valence-corrected chi connectivity index (χ4v) is 3.47. The predicted octanol–water partition coefficient (Wildman–Crippen LogP) is 5.31. The maximum atomic E-state index is 12.5. The molecule has 0 heterocycles. The summed E-state index contributed by atoms with van der Waals surface area (Å²) < 4.78 is 11.3. The smallest absolute Gasteiger partial charge is 0.258 e. The van der Waals surface area contributed by atoms with Crippen molar-refractivity contribution in [2.75, 3.05) is 13.7 Å². The molecule has 0 spiro atoms. The number of benzene rings is 2. The number of hydrogen-bond donors (Lipinski definition) is 1. The standard InChI is InChI=1S/C24H33NO3/c1-14(2)20-12-21(17(5)11-23(20)27-8)19(7)25-24(26)13-28-22-10-15(3)9-16(4)18(22)6/h9-12,14,19H,13H2,1-8H3,(H,25,26). The van der Waals surface area contributed by atoms with Crippen molar-refractivity contribution in [1.82, 2.24) is 5.32 Å². The third-order valence-electron chi connectivity index (χ3n) is 5.21. The predicted molar refractivity (Wildman–Crippen MR) is 115 cm³/mol. The number of methoxy groups -OCH3 is 1. The van der Waals surface area contributed by atoms with Crippen LogP contribution in [-0.2, 0) is 4.79 Å². The molecular formula is C24H33NO3. The van der Waals surface area contributed by atoms with E-state index >= 15 is 0 Å². The lowest BCUT2D eigenvalue weighted by atomic mass is 9.93. The van der Waals surface area contributed by atoms with Crippen molar-refractivity contribution < 1.29 is 14.3 Å². The Labute approximate surface area is 169 Å². The molecule has 1 atom stereocenters. The van der Waals surface area contributed by atoms with Gasteiger partial charge in [0.05, 0.1) is 13.2 Å². The highest BCUT2D eigenvalue weighted by Crippen LogP contribution is 2.32. The van der Waals surface area contributed by atoms with E-state index in [-0.39, 0.29) is 18.6 Å². The van der Waals surface area contributed by atoms with E-state index < -0.39 is 0 Å². The number of amides is 1. The minimum atomic E-state index is -0.132. The molecular weight excluding hydrogens is 350 g/mol. The third kappa shape index (κ3) is 5.06. The van der Waals surface area contributed by atoms with E-state index in [1.807, 2.05) is 39.8 Å². The highest BCUT2D eigenvalue weighted by molar-refractivity contribution is 5.78. The van der Waals surface area contributed by atoms with Crippen LogP contribution in [0.2, 0.25) is 0 Å². The molecule has 0 radical (unpaired) electrons. The van der Waals surface area contributed by atoms with Gasteiger partial charge in [-0.2, -0.15) is 0 Å². The Bertz CT molecular complexity index is 855. The van der Waals surface area contributed by atoms with Gasteiger partial charge in [0.2, 0.25) is 0 Å². The van der Waals surface area contributed by atoms with Gasteiger partial charge in [0.15, 0.2) is 6.61 Å². The topological polar surface area (TPSA) is 47.6 Å². The first-order valence-electron chi connectivity index (χ1n) is 9.82. The Balaban J connectivity index is 2.09. The van der Waals surface area contributed by atoms with E-state index in [4.69, 9.17) is 9.47 Å². The van der Waals surface area contributed by atoms with Crippen LogP contribution in [0.1, 0.15) is 66.1 Å². The van der Waals surface area contributed by atoms with E-state index in [2.05, 4.69) is 38.2 Å². The average Bonchev–Trinajstić information content (AvgIpc) is 2.62. The van der Waals surface area contributed by atoms with Crippen LogP contribution < -0.4 is 14.8 Å². The van der Waals surface area contributed by atoms with Crippen LogP contribution in [-0.4, -0.2) is 19.6 Å². The van der Waals surface area contributed by atoms with Gasteiger partial charge in [-0.1, -0.05) is 19.9 Å². The van der Waals surface area contributed by atoms with Gasteiger partial charge in [0, 0.05) is 0 Å². The average molecular weight is 384 g/mol. The normalized spacial score (nSPS) is 12.0. The number of carbonyl (C=O) groups excluding carboxylic acids is 1. The van der Waals surface area contributed by atoms with Gasteiger partial charge in [-0.05, 0) is 92.1 Å². The molecule has 1 unspecified atom stereocenters. The lowest BCUT2D eigenvalue weighted by molar-refractivity contribution is -0.123. The highest BCUT2D eigenvalue weighted by atomic mass is 16.5. The van der Waals surface area contributed by atoms with Gasteiger partial charge in [0.25, 0.3) is 5.91 Å². The maximum absolute atomic E-state index is 12.5. The van der Waals surface area contributed by atoms with Crippen molar-refractivity contribution in [3.05, 3.63) is 57.6 Å². The lowest BCUT2D eigenvalue weighted by Gasteiger charge is -2.21. The Morgan fingerprint density at radius 3 is 2.21 bits per heavy atom. The minimum Gasteiger partial charge on any atom is -0.496 e. The van der Waals surface area contributed by atoms with Crippen molar-refractivity contribution in [1.29, 1.82) is 0 Å². The molecule has 2 aromatic rings. The third-order valence-corrected chi connectivity index (χ3v) is 5.21. The summed E-state index contributed by atoms with van der Waals surface area (Å²) >= 11 is 0. The van der Waals surface area contributed by atoms with Crippen molar-refractivity contribution in [2.24, 2.45) is 0 Å². The molecule has 0 fully saturated rings. The van der Waals surface area contributed by atoms with Crippen LogP contribution in [0, 0.1) is 27.7 Å². The fourth-order valence-electron chi connectivity index (χ4n) is 3.47. The van der Waals surface area contributed by atoms with E-state index in [9.17, 15) is 4.79 Å². The quantitative estimate of drug-likeness (QED) is 0.705. The number of hydrogen-bond acceptors (Lipinski definition) is 3. The first-order chi connectivity index (χ1) is 13.1. The van der Waals surface area contributed by atoms with Gasteiger partial charge >= 0.3 is 0 Å². The Morgan fingerprint density at radius 1 is 0.929 bits per heavy atom. The molecule has 28 heavy (non-hydrogen) atoms. The van der Waals surface area contributed by atoms with Crippen molar-refractivity contribution >= 4 is 5.91 Å². The van der Waals surface area contributed by atoms with Crippen LogP contribution in [0.25, 0.3) is 0 Å². The molecule has 2 rings (SSSR count). The van der Waals surface area contributed by atoms with E-state index in [1.165, 1.54) is 5.56 Å². The van der Waals surface area contributed by atoms with Crippen LogP contribution in [0.15, 0.2) is 24.3 Å². The molecule has 4 heteroatoms. The summed E-state index contributed by atoms with van der Waals surface area (Å²) in [5.41, 5.74) is 6.70. The second-order valence-corrected chi connectivity index (χ2v) is 7.89. The number of rotatable bonds is 7. The Hall–Kier alpha value is -2.49.